The molecule has 1 amide bonds. The fourth-order valence-electron chi connectivity index (χ4n) is 3.13. The first-order chi connectivity index (χ1) is 9.58. The van der Waals surface area contributed by atoms with Crippen LogP contribution >= 0.6 is 0 Å². The third-order valence-corrected chi connectivity index (χ3v) is 4.71. The Bertz CT molecular complexity index is 318. The topological polar surface area (TPSA) is 53.6 Å². The summed E-state index contributed by atoms with van der Waals surface area (Å²) in [5, 5.41) is 6.61. The molecule has 0 saturated carbocycles. The lowest BCUT2D eigenvalue weighted by molar-refractivity contribution is -0.127. The van der Waals surface area contributed by atoms with E-state index in [2.05, 4.69) is 36.3 Å². The van der Waals surface area contributed by atoms with Crippen molar-refractivity contribution in [3.8, 4) is 0 Å². The Kier molecular flexibility index (Phi) is 5.81. The molecule has 0 aromatic rings. The summed E-state index contributed by atoms with van der Waals surface area (Å²) in [6, 6.07) is 0.999. The van der Waals surface area contributed by atoms with Crippen LogP contribution in [-0.4, -0.2) is 61.8 Å². The Morgan fingerprint density at radius 3 is 2.70 bits per heavy atom. The molecule has 2 N–H and O–H groups in total. The van der Waals surface area contributed by atoms with Gasteiger partial charge in [-0.2, -0.15) is 0 Å². The van der Waals surface area contributed by atoms with Crippen LogP contribution in [0, 0.1) is 5.92 Å². The van der Waals surface area contributed by atoms with E-state index < -0.39 is 0 Å². The number of carbonyl (C=O) groups excluding carboxylic acids is 1. The van der Waals surface area contributed by atoms with Crippen LogP contribution in [0.25, 0.3) is 0 Å². The normalized spacial score (nSPS) is 31.6. The van der Waals surface area contributed by atoms with Gasteiger partial charge in [0.15, 0.2) is 0 Å². The molecular weight excluding hydrogens is 254 g/mol. The number of ether oxygens (including phenoxy) is 1. The van der Waals surface area contributed by atoms with Gasteiger partial charge in [0.2, 0.25) is 5.91 Å². The molecule has 116 valence electrons. The van der Waals surface area contributed by atoms with Crippen LogP contribution in [0.15, 0.2) is 0 Å². The van der Waals surface area contributed by atoms with Crippen LogP contribution in [-0.2, 0) is 9.53 Å². The van der Waals surface area contributed by atoms with E-state index >= 15 is 0 Å². The first-order valence-electron chi connectivity index (χ1n) is 7.93. The van der Waals surface area contributed by atoms with Gasteiger partial charge in [-0.05, 0) is 40.2 Å². The highest BCUT2D eigenvalue weighted by Gasteiger charge is 2.28. The predicted octanol–water partition coefficient (Wildman–Crippen LogP) is 0.600. The van der Waals surface area contributed by atoms with Crippen LogP contribution in [0.1, 0.15) is 33.6 Å². The minimum atomic E-state index is 0.172. The molecule has 0 bridgehead atoms. The van der Waals surface area contributed by atoms with Crippen molar-refractivity contribution in [1.82, 2.24) is 15.5 Å². The average Bonchev–Trinajstić information content (AvgIpc) is 2.47. The van der Waals surface area contributed by atoms with Gasteiger partial charge < -0.3 is 15.4 Å². The van der Waals surface area contributed by atoms with Crippen LogP contribution in [0.5, 0.6) is 0 Å². The van der Waals surface area contributed by atoms with E-state index in [-0.39, 0.29) is 17.9 Å². The third kappa shape index (κ3) is 4.17. The number of rotatable bonds is 4. The largest absolute Gasteiger partial charge is 0.379 e. The SMILES string of the molecule is CC(NC(=O)[C@H]1CCN[C@@H](C)C1)C(C)N1CCOCC1. The molecule has 2 rings (SSSR count). The highest BCUT2D eigenvalue weighted by atomic mass is 16.5. The van der Waals surface area contributed by atoms with Crippen molar-refractivity contribution in [2.75, 3.05) is 32.8 Å². The molecule has 0 aliphatic carbocycles. The lowest BCUT2D eigenvalue weighted by atomic mass is 9.92. The molecule has 2 saturated heterocycles. The number of hydrogen-bond donors (Lipinski definition) is 2. The minimum Gasteiger partial charge on any atom is -0.379 e. The van der Waals surface area contributed by atoms with Gasteiger partial charge in [0, 0.05) is 37.1 Å². The Labute approximate surface area is 122 Å². The number of hydrogen-bond acceptors (Lipinski definition) is 4. The van der Waals surface area contributed by atoms with Gasteiger partial charge in [-0.1, -0.05) is 0 Å². The van der Waals surface area contributed by atoms with E-state index in [1.54, 1.807) is 0 Å². The predicted molar refractivity (Wildman–Crippen MR) is 79.6 cm³/mol. The maximum atomic E-state index is 12.4. The van der Waals surface area contributed by atoms with Crippen LogP contribution in [0.4, 0.5) is 0 Å². The first-order valence-corrected chi connectivity index (χ1v) is 7.93. The summed E-state index contributed by atoms with van der Waals surface area (Å²) in [4.78, 5) is 14.8. The number of piperidine rings is 1. The number of carbonyl (C=O) groups is 1. The zero-order valence-corrected chi connectivity index (χ0v) is 13.0. The van der Waals surface area contributed by atoms with Crippen molar-refractivity contribution in [2.24, 2.45) is 5.92 Å². The van der Waals surface area contributed by atoms with E-state index in [1.165, 1.54) is 0 Å². The summed E-state index contributed by atoms with van der Waals surface area (Å²) in [6.45, 7) is 10.9. The first kappa shape index (κ1) is 15.7. The van der Waals surface area contributed by atoms with E-state index in [0.717, 1.165) is 45.7 Å². The minimum absolute atomic E-state index is 0.172. The fourth-order valence-corrected chi connectivity index (χ4v) is 3.13. The molecule has 2 aliphatic heterocycles. The Morgan fingerprint density at radius 1 is 1.35 bits per heavy atom. The molecule has 5 nitrogen and oxygen atoms in total. The number of nitrogens with one attached hydrogen (secondary N) is 2. The van der Waals surface area contributed by atoms with Crippen LogP contribution < -0.4 is 10.6 Å². The molecule has 2 unspecified atom stereocenters. The summed E-state index contributed by atoms with van der Waals surface area (Å²) >= 11 is 0. The highest BCUT2D eigenvalue weighted by molar-refractivity contribution is 5.79. The summed E-state index contributed by atoms with van der Waals surface area (Å²) < 4.78 is 5.38. The Balaban J connectivity index is 1.80. The summed E-state index contributed by atoms with van der Waals surface area (Å²) in [7, 11) is 0. The Morgan fingerprint density at radius 2 is 2.05 bits per heavy atom. The van der Waals surface area contributed by atoms with Crippen molar-refractivity contribution in [1.29, 1.82) is 0 Å². The van der Waals surface area contributed by atoms with E-state index in [1.807, 2.05) is 0 Å². The maximum absolute atomic E-state index is 12.4. The van der Waals surface area contributed by atoms with Gasteiger partial charge in [0.05, 0.1) is 13.2 Å². The van der Waals surface area contributed by atoms with E-state index in [0.29, 0.717) is 12.1 Å². The highest BCUT2D eigenvalue weighted by Crippen LogP contribution is 2.17. The lowest BCUT2D eigenvalue weighted by Gasteiger charge is -2.36. The summed E-state index contributed by atoms with van der Waals surface area (Å²) in [5.41, 5.74) is 0. The van der Waals surface area contributed by atoms with Gasteiger partial charge in [-0.3, -0.25) is 9.69 Å². The second-order valence-corrected chi connectivity index (χ2v) is 6.26. The molecule has 2 fully saturated rings. The van der Waals surface area contributed by atoms with Gasteiger partial charge in [0.25, 0.3) is 0 Å². The average molecular weight is 283 g/mol. The molecule has 0 spiro atoms. The van der Waals surface area contributed by atoms with Gasteiger partial charge in [0.1, 0.15) is 0 Å². The second kappa shape index (κ2) is 7.38. The monoisotopic (exact) mass is 283 g/mol. The maximum Gasteiger partial charge on any atom is 0.223 e. The number of morpholine rings is 1. The molecule has 5 heteroatoms. The smallest absolute Gasteiger partial charge is 0.223 e. The Hall–Kier alpha value is -0.650. The molecule has 0 aromatic carbocycles. The van der Waals surface area contributed by atoms with E-state index in [9.17, 15) is 4.79 Å². The van der Waals surface area contributed by atoms with Crippen molar-refractivity contribution in [3.63, 3.8) is 0 Å². The summed E-state index contributed by atoms with van der Waals surface area (Å²) in [5.74, 6) is 0.400. The third-order valence-electron chi connectivity index (χ3n) is 4.71. The number of amides is 1. The van der Waals surface area contributed by atoms with Crippen molar-refractivity contribution in [2.45, 2.75) is 51.7 Å². The van der Waals surface area contributed by atoms with Crippen molar-refractivity contribution < 1.29 is 9.53 Å². The fraction of sp³-hybridized carbons (Fsp3) is 0.933. The molecule has 4 atom stereocenters. The standard InChI is InChI=1S/C15H29N3O2/c1-11-10-14(4-5-16-11)15(19)17-12(2)13(3)18-6-8-20-9-7-18/h11-14,16H,4-10H2,1-3H3,(H,17,19)/t11-,12?,13?,14-/m0/s1. The molecular formula is C15H29N3O2. The zero-order valence-electron chi connectivity index (χ0n) is 13.0. The van der Waals surface area contributed by atoms with E-state index in [4.69, 9.17) is 4.74 Å². The van der Waals surface area contributed by atoms with Gasteiger partial charge >= 0.3 is 0 Å². The molecule has 0 aromatic heterocycles. The van der Waals surface area contributed by atoms with Crippen LogP contribution in [0.3, 0.4) is 0 Å². The summed E-state index contributed by atoms with van der Waals surface area (Å²) in [6.07, 6.45) is 1.90. The second-order valence-electron chi connectivity index (χ2n) is 6.26. The zero-order chi connectivity index (χ0) is 14.5. The van der Waals surface area contributed by atoms with Gasteiger partial charge in [-0.25, -0.2) is 0 Å². The van der Waals surface area contributed by atoms with Crippen molar-refractivity contribution in [3.05, 3.63) is 0 Å². The number of nitrogens with zero attached hydrogens (tertiary/aromatic N) is 1. The van der Waals surface area contributed by atoms with Crippen LogP contribution in [0.2, 0.25) is 0 Å². The lowest BCUT2D eigenvalue weighted by Crippen LogP contribution is -2.53. The molecule has 0 radical (unpaired) electrons. The van der Waals surface area contributed by atoms with Crippen molar-refractivity contribution >= 4 is 5.91 Å². The molecule has 2 aliphatic rings. The molecule has 2 heterocycles. The van der Waals surface area contributed by atoms with Gasteiger partial charge in [-0.15, -0.1) is 0 Å². The quantitative estimate of drug-likeness (QED) is 0.793. The molecule has 20 heavy (non-hydrogen) atoms.